The summed E-state index contributed by atoms with van der Waals surface area (Å²) < 4.78 is 27.4. The van der Waals surface area contributed by atoms with E-state index in [4.69, 9.17) is 23.7 Å². The molecule has 3 saturated heterocycles. The van der Waals surface area contributed by atoms with Crippen LogP contribution in [0.25, 0.3) is 0 Å². The summed E-state index contributed by atoms with van der Waals surface area (Å²) in [4.78, 5) is 0. The van der Waals surface area contributed by atoms with Gasteiger partial charge in [-0.2, -0.15) is 0 Å². The van der Waals surface area contributed by atoms with Gasteiger partial charge in [-0.3, -0.25) is 0 Å². The maximum Gasteiger partial charge on any atom is 0.187 e. The molecule has 256 valence electrons. The molecular formula is C25H43NO18. The molecule has 14 N–H and O–H groups in total. The lowest BCUT2D eigenvalue weighted by Gasteiger charge is -2.48. The van der Waals surface area contributed by atoms with Gasteiger partial charge in [-0.05, 0) is 12.5 Å². The Kier molecular flexibility index (Phi) is 12.1. The Hall–Kier alpha value is -1.02. The number of aliphatic hydroxyl groups is 13. The van der Waals surface area contributed by atoms with Gasteiger partial charge in [-0.15, -0.1) is 0 Å². The van der Waals surface area contributed by atoms with Gasteiger partial charge >= 0.3 is 0 Å². The highest BCUT2D eigenvalue weighted by atomic mass is 16.7. The largest absolute Gasteiger partial charge is 0.394 e. The van der Waals surface area contributed by atoms with Crippen molar-refractivity contribution in [2.75, 3.05) is 19.8 Å². The van der Waals surface area contributed by atoms with Gasteiger partial charge in [0.25, 0.3) is 0 Å². The molecule has 0 aromatic rings. The van der Waals surface area contributed by atoms with Crippen molar-refractivity contribution in [1.29, 1.82) is 0 Å². The molecule has 4 aliphatic rings. The van der Waals surface area contributed by atoms with Crippen LogP contribution < -0.4 is 5.32 Å². The number of hydrogen-bond donors (Lipinski definition) is 14. The van der Waals surface area contributed by atoms with Gasteiger partial charge in [0, 0.05) is 0 Å². The standard InChI is InChI=1S/C25H43NO18/c1-6-11(26-8-2-7(3-27)12(30)15(33)13(8)31)14(32)19(37)24(40-6)43-22-10(5-29)42-25(20(38)17(22)35)44-21-9(4-28)41-23(39)18(36)16(21)34/h2,6,8-39H,3-5H2,1H3/t6?,8?,9?,10?,11-,12?,13?,14?,15?,16?,17?,18?,19?,20?,21-,22-,23-,24-,25-/m1/s1. The fourth-order valence-corrected chi connectivity index (χ4v) is 5.81. The molecule has 1 aliphatic carbocycles. The lowest BCUT2D eigenvalue weighted by molar-refractivity contribution is -0.373. The quantitative estimate of drug-likeness (QED) is 0.103. The van der Waals surface area contributed by atoms with Crippen molar-refractivity contribution in [3.8, 4) is 0 Å². The monoisotopic (exact) mass is 645 g/mol. The van der Waals surface area contributed by atoms with Crippen molar-refractivity contribution in [1.82, 2.24) is 5.32 Å². The zero-order valence-corrected chi connectivity index (χ0v) is 23.5. The fourth-order valence-electron chi connectivity index (χ4n) is 5.81. The second kappa shape index (κ2) is 14.8. The summed E-state index contributed by atoms with van der Waals surface area (Å²) in [5, 5.41) is 136. The van der Waals surface area contributed by atoms with Crippen LogP contribution in [-0.4, -0.2) is 203 Å². The summed E-state index contributed by atoms with van der Waals surface area (Å²) in [6.07, 6.45) is -26.6. The third kappa shape index (κ3) is 6.96. The number of hydrogen-bond acceptors (Lipinski definition) is 19. The van der Waals surface area contributed by atoms with E-state index in [0.29, 0.717) is 0 Å². The van der Waals surface area contributed by atoms with Crippen LogP contribution in [0.15, 0.2) is 11.6 Å². The molecule has 3 fully saturated rings. The number of nitrogens with one attached hydrogen (secondary N) is 1. The summed E-state index contributed by atoms with van der Waals surface area (Å²) in [6.45, 7) is -0.753. The first-order valence-corrected chi connectivity index (χ1v) is 14.1. The van der Waals surface area contributed by atoms with E-state index in [2.05, 4.69) is 5.32 Å². The van der Waals surface area contributed by atoms with Crippen molar-refractivity contribution in [3.05, 3.63) is 11.6 Å². The molecule has 0 saturated carbocycles. The summed E-state index contributed by atoms with van der Waals surface area (Å²) in [6, 6.07) is -2.17. The lowest BCUT2D eigenvalue weighted by atomic mass is 9.86. The van der Waals surface area contributed by atoms with Gasteiger partial charge in [-0.25, -0.2) is 0 Å². The second-order valence-corrected chi connectivity index (χ2v) is 11.4. The molecule has 0 radical (unpaired) electrons. The van der Waals surface area contributed by atoms with E-state index >= 15 is 0 Å². The van der Waals surface area contributed by atoms with E-state index in [9.17, 15) is 66.4 Å². The van der Waals surface area contributed by atoms with E-state index in [0.717, 1.165) is 0 Å². The Balaban J connectivity index is 1.42. The SMILES string of the molecule is CC1O[C@H](O[C@@H]2C(CO)O[C@H](O[C@@H]3C(CO)O[C@@H](O)C(O)C3O)C(O)C2O)C(O)C(O)[C@@H]1NC1C=C(CO)C(O)C(O)C1O. The van der Waals surface area contributed by atoms with Crippen LogP contribution in [0.2, 0.25) is 0 Å². The molecule has 44 heavy (non-hydrogen) atoms. The van der Waals surface area contributed by atoms with Crippen molar-refractivity contribution in [2.24, 2.45) is 0 Å². The summed E-state index contributed by atoms with van der Waals surface area (Å²) in [5.74, 6) is 0. The Morgan fingerprint density at radius 3 is 1.73 bits per heavy atom. The van der Waals surface area contributed by atoms with Crippen LogP contribution in [0.3, 0.4) is 0 Å². The third-order valence-electron chi connectivity index (χ3n) is 8.48. The van der Waals surface area contributed by atoms with Crippen molar-refractivity contribution < 1.29 is 90.1 Å². The maximum absolute atomic E-state index is 10.9. The predicted molar refractivity (Wildman–Crippen MR) is 138 cm³/mol. The van der Waals surface area contributed by atoms with Crippen LogP contribution >= 0.6 is 0 Å². The molecule has 0 spiro atoms. The minimum absolute atomic E-state index is 0.0225. The average Bonchev–Trinajstić information content (AvgIpc) is 3.00. The Morgan fingerprint density at radius 1 is 0.636 bits per heavy atom. The molecule has 19 atom stereocenters. The van der Waals surface area contributed by atoms with Crippen molar-refractivity contribution in [2.45, 2.75) is 123 Å². The minimum Gasteiger partial charge on any atom is -0.394 e. The number of aliphatic hydroxyl groups excluding tert-OH is 13. The van der Waals surface area contributed by atoms with Gasteiger partial charge in [0.05, 0.1) is 38.0 Å². The first-order valence-electron chi connectivity index (χ1n) is 14.1. The summed E-state index contributed by atoms with van der Waals surface area (Å²) in [7, 11) is 0. The van der Waals surface area contributed by atoms with Crippen LogP contribution in [0, 0.1) is 0 Å². The van der Waals surface area contributed by atoms with Gasteiger partial charge in [-0.1, -0.05) is 6.08 Å². The number of ether oxygens (including phenoxy) is 5. The summed E-state index contributed by atoms with van der Waals surface area (Å²) in [5.41, 5.74) is 0.0225. The van der Waals surface area contributed by atoms with E-state index in [1.807, 2.05) is 0 Å². The third-order valence-corrected chi connectivity index (χ3v) is 8.48. The molecular weight excluding hydrogens is 602 g/mol. The Labute approximate surface area is 250 Å². The smallest absolute Gasteiger partial charge is 0.187 e. The van der Waals surface area contributed by atoms with Crippen LogP contribution in [0.1, 0.15) is 6.92 Å². The summed E-state index contributed by atoms with van der Waals surface area (Å²) >= 11 is 0. The molecule has 0 amide bonds. The molecule has 19 heteroatoms. The van der Waals surface area contributed by atoms with Crippen molar-refractivity contribution >= 4 is 0 Å². The normalized spacial score (nSPS) is 52.0. The molecule has 0 aromatic carbocycles. The molecule has 3 heterocycles. The second-order valence-electron chi connectivity index (χ2n) is 11.4. The number of rotatable bonds is 9. The predicted octanol–water partition coefficient (Wildman–Crippen LogP) is -8.56. The topological polar surface area (TPSA) is 321 Å². The van der Waals surface area contributed by atoms with E-state index in [1.54, 1.807) is 0 Å². The molecule has 19 nitrogen and oxygen atoms in total. The van der Waals surface area contributed by atoms with Gasteiger partial charge < -0.3 is 95.4 Å². The molecule has 0 aromatic heterocycles. The van der Waals surface area contributed by atoms with E-state index in [1.165, 1.54) is 13.0 Å². The Morgan fingerprint density at radius 2 is 1.16 bits per heavy atom. The first-order chi connectivity index (χ1) is 20.7. The average molecular weight is 646 g/mol. The lowest BCUT2D eigenvalue weighted by Crippen LogP contribution is -2.68. The van der Waals surface area contributed by atoms with E-state index < -0.39 is 136 Å². The minimum atomic E-state index is -1.93. The molecule has 3 aliphatic heterocycles. The zero-order chi connectivity index (χ0) is 32.6. The van der Waals surface area contributed by atoms with Gasteiger partial charge in [0.2, 0.25) is 0 Å². The van der Waals surface area contributed by atoms with Crippen LogP contribution in [0.5, 0.6) is 0 Å². The fraction of sp³-hybridized carbons (Fsp3) is 0.920. The maximum atomic E-state index is 10.9. The molecule has 0 bridgehead atoms. The molecule has 13 unspecified atom stereocenters. The molecule has 4 rings (SSSR count). The van der Waals surface area contributed by atoms with Gasteiger partial charge in [0.1, 0.15) is 79.4 Å². The van der Waals surface area contributed by atoms with Crippen LogP contribution in [-0.2, 0) is 23.7 Å². The first kappa shape index (κ1) is 35.8. The van der Waals surface area contributed by atoms with Crippen molar-refractivity contribution in [3.63, 3.8) is 0 Å². The van der Waals surface area contributed by atoms with Gasteiger partial charge in [0.15, 0.2) is 18.9 Å². The van der Waals surface area contributed by atoms with E-state index in [-0.39, 0.29) is 5.57 Å². The highest BCUT2D eigenvalue weighted by Gasteiger charge is 2.53. The Bertz CT molecular complexity index is 958. The highest BCUT2D eigenvalue weighted by molar-refractivity contribution is 5.22. The highest BCUT2D eigenvalue weighted by Crippen LogP contribution is 2.32. The van der Waals surface area contributed by atoms with Crippen LogP contribution in [0.4, 0.5) is 0 Å². The zero-order valence-electron chi connectivity index (χ0n) is 23.5.